The van der Waals surface area contributed by atoms with Crippen molar-refractivity contribution in [2.45, 2.75) is 39.0 Å². The van der Waals surface area contributed by atoms with Crippen LogP contribution in [0.4, 0.5) is 4.79 Å². The van der Waals surface area contributed by atoms with Gasteiger partial charge in [-0.1, -0.05) is 62.4 Å². The number of benzene rings is 2. The number of hydrogen-bond acceptors (Lipinski definition) is 4. The lowest BCUT2D eigenvalue weighted by molar-refractivity contribution is -0.142. The number of amides is 2. The first kappa shape index (κ1) is 22.9. The van der Waals surface area contributed by atoms with Gasteiger partial charge in [-0.15, -0.1) is 0 Å². The predicted molar refractivity (Wildman–Crippen MR) is 120 cm³/mol. The third kappa shape index (κ3) is 5.87. The summed E-state index contributed by atoms with van der Waals surface area (Å²) >= 11 is 0. The largest absolute Gasteiger partial charge is 0.480 e. The van der Waals surface area contributed by atoms with Crippen LogP contribution in [-0.2, 0) is 27.4 Å². The molecule has 1 aromatic heterocycles. The molecule has 0 spiro atoms. The Labute approximate surface area is 186 Å². The zero-order chi connectivity index (χ0) is 23.1. The van der Waals surface area contributed by atoms with Crippen LogP contribution < -0.4 is 10.6 Å². The van der Waals surface area contributed by atoms with Crippen molar-refractivity contribution in [1.82, 2.24) is 15.6 Å². The highest BCUT2D eigenvalue weighted by atomic mass is 16.5. The van der Waals surface area contributed by atoms with Crippen LogP contribution in [0.25, 0.3) is 10.9 Å². The number of aromatic nitrogens is 1. The lowest BCUT2D eigenvalue weighted by atomic mass is 10.0. The van der Waals surface area contributed by atoms with Gasteiger partial charge in [0.1, 0.15) is 18.7 Å². The molecular formula is C24H27N3O5. The number of H-pyrrole nitrogens is 1. The van der Waals surface area contributed by atoms with Crippen molar-refractivity contribution in [2.24, 2.45) is 5.92 Å². The minimum Gasteiger partial charge on any atom is -0.480 e. The second-order valence-corrected chi connectivity index (χ2v) is 7.89. The predicted octanol–water partition coefficient (Wildman–Crippen LogP) is 3.23. The van der Waals surface area contributed by atoms with E-state index in [9.17, 15) is 19.5 Å². The summed E-state index contributed by atoms with van der Waals surface area (Å²) < 4.78 is 5.19. The number of nitrogens with one attached hydrogen (secondary N) is 3. The van der Waals surface area contributed by atoms with Gasteiger partial charge in [-0.25, -0.2) is 9.59 Å². The molecule has 0 fully saturated rings. The molecule has 0 radical (unpaired) electrons. The van der Waals surface area contributed by atoms with E-state index in [0.717, 1.165) is 22.0 Å². The number of alkyl carbamates (subject to hydrolysis) is 1. The van der Waals surface area contributed by atoms with Crippen LogP contribution >= 0.6 is 0 Å². The van der Waals surface area contributed by atoms with Gasteiger partial charge in [0.25, 0.3) is 0 Å². The van der Waals surface area contributed by atoms with E-state index in [1.54, 1.807) is 20.0 Å². The van der Waals surface area contributed by atoms with Gasteiger partial charge in [-0.2, -0.15) is 0 Å². The molecule has 2 amide bonds. The number of carboxylic acid groups (broad SMARTS) is 1. The van der Waals surface area contributed by atoms with Crippen molar-refractivity contribution in [3.8, 4) is 0 Å². The molecule has 1 heterocycles. The quantitative estimate of drug-likeness (QED) is 0.410. The number of carbonyl (C=O) groups is 3. The summed E-state index contributed by atoms with van der Waals surface area (Å²) in [5, 5.41) is 15.7. The third-order valence-electron chi connectivity index (χ3n) is 5.15. The Balaban J connectivity index is 1.63. The van der Waals surface area contributed by atoms with E-state index in [1.165, 1.54) is 0 Å². The van der Waals surface area contributed by atoms with E-state index in [0.29, 0.717) is 0 Å². The summed E-state index contributed by atoms with van der Waals surface area (Å²) in [5.74, 6) is -2.01. The second-order valence-electron chi connectivity index (χ2n) is 7.89. The van der Waals surface area contributed by atoms with Crippen LogP contribution in [0, 0.1) is 5.92 Å². The molecule has 2 atom stereocenters. The number of fused-ring (bicyclic) bond motifs is 1. The highest BCUT2D eigenvalue weighted by molar-refractivity contribution is 5.90. The smallest absolute Gasteiger partial charge is 0.408 e. The fourth-order valence-corrected chi connectivity index (χ4v) is 3.41. The first-order valence-electron chi connectivity index (χ1n) is 10.4. The standard InChI is InChI=1S/C24H27N3O5/c1-15(2)21(27-24(31)32-14-16-8-4-3-5-9-16)22(28)26-20(23(29)30)12-17-13-25-19-11-7-6-10-18(17)19/h3-11,13,15,20-21,25H,12,14H2,1-2H3,(H,26,28)(H,27,31)(H,29,30)/t20-,21+/m1/s1. The Morgan fingerprint density at radius 2 is 1.69 bits per heavy atom. The highest BCUT2D eigenvalue weighted by Gasteiger charge is 2.29. The van der Waals surface area contributed by atoms with E-state index in [1.807, 2.05) is 54.6 Å². The van der Waals surface area contributed by atoms with Crippen molar-refractivity contribution in [3.63, 3.8) is 0 Å². The summed E-state index contributed by atoms with van der Waals surface area (Å²) in [6, 6.07) is 14.6. The second kappa shape index (κ2) is 10.5. The topological polar surface area (TPSA) is 121 Å². The van der Waals surface area contributed by atoms with Crippen LogP contribution in [0.15, 0.2) is 60.8 Å². The monoisotopic (exact) mass is 437 g/mol. The number of carbonyl (C=O) groups excluding carboxylic acids is 2. The Hall–Kier alpha value is -3.81. The van der Waals surface area contributed by atoms with E-state index >= 15 is 0 Å². The summed E-state index contributed by atoms with van der Waals surface area (Å²) in [4.78, 5) is 40.0. The minimum absolute atomic E-state index is 0.0669. The van der Waals surface area contributed by atoms with Crippen molar-refractivity contribution < 1.29 is 24.2 Å². The van der Waals surface area contributed by atoms with Crippen LogP contribution in [0.1, 0.15) is 25.0 Å². The van der Waals surface area contributed by atoms with Crippen LogP contribution in [0.3, 0.4) is 0 Å². The molecule has 0 aliphatic rings. The number of carboxylic acids is 1. The average molecular weight is 437 g/mol. The SMILES string of the molecule is CC(C)[C@H](NC(=O)OCc1ccccc1)C(=O)N[C@H](Cc1c[nH]c2ccccc12)C(=O)O. The van der Waals surface area contributed by atoms with Gasteiger partial charge in [0.05, 0.1) is 0 Å². The molecule has 8 nitrogen and oxygen atoms in total. The lowest BCUT2D eigenvalue weighted by Crippen LogP contribution is -2.54. The van der Waals surface area contributed by atoms with Gasteiger partial charge in [0.15, 0.2) is 0 Å². The molecule has 3 rings (SSSR count). The van der Waals surface area contributed by atoms with Gasteiger partial charge < -0.3 is 25.5 Å². The van der Waals surface area contributed by atoms with E-state index in [-0.39, 0.29) is 18.9 Å². The van der Waals surface area contributed by atoms with Crippen molar-refractivity contribution in [2.75, 3.05) is 0 Å². The number of aliphatic carboxylic acids is 1. The van der Waals surface area contributed by atoms with E-state index < -0.39 is 30.1 Å². The molecule has 0 unspecified atom stereocenters. The fraction of sp³-hybridized carbons (Fsp3) is 0.292. The number of ether oxygens (including phenoxy) is 1. The Bertz CT molecular complexity index is 1080. The number of para-hydroxylation sites is 1. The van der Waals surface area contributed by atoms with Gasteiger partial charge >= 0.3 is 12.1 Å². The zero-order valence-electron chi connectivity index (χ0n) is 18.0. The molecule has 32 heavy (non-hydrogen) atoms. The van der Waals surface area contributed by atoms with Crippen molar-refractivity contribution in [3.05, 3.63) is 71.9 Å². The number of aromatic amines is 1. The zero-order valence-corrected chi connectivity index (χ0v) is 18.0. The first-order valence-corrected chi connectivity index (χ1v) is 10.4. The summed E-state index contributed by atoms with van der Waals surface area (Å²) in [6.07, 6.45) is 1.10. The average Bonchev–Trinajstić information content (AvgIpc) is 3.19. The van der Waals surface area contributed by atoms with Crippen molar-refractivity contribution in [1.29, 1.82) is 0 Å². The Morgan fingerprint density at radius 3 is 2.38 bits per heavy atom. The van der Waals surface area contributed by atoms with Crippen LogP contribution in [0.2, 0.25) is 0 Å². The normalized spacial score (nSPS) is 12.8. The van der Waals surface area contributed by atoms with Crippen LogP contribution in [-0.4, -0.2) is 40.1 Å². The summed E-state index contributed by atoms with van der Waals surface area (Å²) in [7, 11) is 0. The Morgan fingerprint density at radius 1 is 1.00 bits per heavy atom. The molecule has 2 aromatic carbocycles. The first-order chi connectivity index (χ1) is 15.3. The summed E-state index contributed by atoms with van der Waals surface area (Å²) in [5.41, 5.74) is 2.49. The van der Waals surface area contributed by atoms with E-state index in [4.69, 9.17) is 4.74 Å². The van der Waals surface area contributed by atoms with Crippen LogP contribution in [0.5, 0.6) is 0 Å². The molecule has 0 bridgehead atoms. The summed E-state index contributed by atoms with van der Waals surface area (Å²) in [6.45, 7) is 3.59. The highest BCUT2D eigenvalue weighted by Crippen LogP contribution is 2.19. The Kier molecular flexibility index (Phi) is 7.49. The molecule has 0 saturated carbocycles. The molecular weight excluding hydrogens is 410 g/mol. The molecule has 8 heteroatoms. The molecule has 0 saturated heterocycles. The van der Waals surface area contributed by atoms with Gasteiger partial charge in [-0.05, 0) is 23.1 Å². The van der Waals surface area contributed by atoms with Crippen molar-refractivity contribution >= 4 is 28.9 Å². The molecule has 3 aromatic rings. The molecule has 168 valence electrons. The fourth-order valence-electron chi connectivity index (χ4n) is 3.41. The van der Waals surface area contributed by atoms with Gasteiger partial charge in [0, 0.05) is 23.5 Å². The maximum atomic E-state index is 12.8. The molecule has 4 N–H and O–H groups in total. The minimum atomic E-state index is -1.15. The van der Waals surface area contributed by atoms with Gasteiger partial charge in [0.2, 0.25) is 5.91 Å². The van der Waals surface area contributed by atoms with E-state index in [2.05, 4.69) is 15.6 Å². The molecule has 0 aliphatic carbocycles. The third-order valence-corrected chi connectivity index (χ3v) is 5.15. The maximum absolute atomic E-state index is 12.8. The molecule has 0 aliphatic heterocycles. The van der Waals surface area contributed by atoms with Gasteiger partial charge in [-0.3, -0.25) is 4.79 Å². The number of hydrogen-bond donors (Lipinski definition) is 4. The lowest BCUT2D eigenvalue weighted by Gasteiger charge is -2.23. The maximum Gasteiger partial charge on any atom is 0.408 e. The number of rotatable bonds is 9.